The number of benzene rings is 1. The number of thiocarbonyl (C=S) groups is 1. The van der Waals surface area contributed by atoms with E-state index in [1.54, 1.807) is 0 Å². The topological polar surface area (TPSA) is 12.5 Å². The van der Waals surface area contributed by atoms with Gasteiger partial charge >= 0.3 is 0 Å². The third-order valence-corrected chi connectivity index (χ3v) is 3.90. The zero-order valence-corrected chi connectivity index (χ0v) is 12.1. The van der Waals surface area contributed by atoms with Crippen LogP contribution in [0.15, 0.2) is 28.7 Å². The lowest BCUT2D eigenvalue weighted by atomic mass is 10.1. The second kappa shape index (κ2) is 6.47. The van der Waals surface area contributed by atoms with Gasteiger partial charge in [-0.25, -0.2) is 0 Å². The van der Waals surface area contributed by atoms with E-state index in [-0.39, 0.29) is 0 Å². The number of aryl methyl sites for hydroxylation is 1. The highest BCUT2D eigenvalue weighted by molar-refractivity contribution is 9.10. The molecule has 1 heterocycles. The van der Waals surface area contributed by atoms with Gasteiger partial charge in [-0.15, -0.1) is 0 Å². The van der Waals surface area contributed by atoms with Crippen molar-refractivity contribution in [3.05, 3.63) is 34.3 Å². The molecule has 1 aliphatic heterocycles. The molecule has 1 saturated heterocycles. The number of halogens is 1. The van der Waals surface area contributed by atoms with E-state index in [1.807, 2.05) is 0 Å². The number of hydrogen-bond donors (Lipinski definition) is 0. The summed E-state index contributed by atoms with van der Waals surface area (Å²) in [5.74, 6) is 0. The minimum absolute atomic E-state index is 0.804. The Morgan fingerprint density at radius 3 is 2.53 bits per heavy atom. The molecule has 4 heteroatoms. The van der Waals surface area contributed by atoms with Gasteiger partial charge < -0.3 is 9.64 Å². The standard InChI is InChI=1S/C13H16BrNOS/c14-12-4-1-11(2-5-12)3-6-13(17)15-7-9-16-10-8-15/h1-2,4-5H,3,6-10H2. The van der Waals surface area contributed by atoms with Crippen LogP contribution in [0, 0.1) is 0 Å². The molecule has 1 aromatic carbocycles. The van der Waals surface area contributed by atoms with Crippen LogP contribution in [0.1, 0.15) is 12.0 Å². The van der Waals surface area contributed by atoms with E-state index in [9.17, 15) is 0 Å². The molecule has 2 rings (SSSR count). The van der Waals surface area contributed by atoms with Crippen molar-refractivity contribution in [2.24, 2.45) is 0 Å². The molecule has 1 fully saturated rings. The van der Waals surface area contributed by atoms with Gasteiger partial charge in [-0.1, -0.05) is 40.3 Å². The van der Waals surface area contributed by atoms with E-state index in [0.29, 0.717) is 0 Å². The maximum absolute atomic E-state index is 5.46. The van der Waals surface area contributed by atoms with Crippen molar-refractivity contribution in [2.75, 3.05) is 26.3 Å². The predicted molar refractivity (Wildman–Crippen MR) is 77.5 cm³/mol. The molecular formula is C13H16BrNOS. The van der Waals surface area contributed by atoms with Crippen LogP contribution in [-0.2, 0) is 11.2 Å². The van der Waals surface area contributed by atoms with E-state index in [2.05, 4.69) is 45.1 Å². The number of rotatable bonds is 3. The Balaban J connectivity index is 1.81. The first-order chi connectivity index (χ1) is 8.25. The lowest BCUT2D eigenvalue weighted by molar-refractivity contribution is 0.0683. The molecule has 0 saturated carbocycles. The molecule has 0 atom stereocenters. The molecule has 0 aromatic heterocycles. The third kappa shape index (κ3) is 4.05. The van der Waals surface area contributed by atoms with Gasteiger partial charge in [0.15, 0.2) is 0 Å². The summed E-state index contributed by atoms with van der Waals surface area (Å²) in [6.45, 7) is 3.50. The maximum atomic E-state index is 5.46. The Kier molecular flexibility index (Phi) is 4.95. The summed E-state index contributed by atoms with van der Waals surface area (Å²) in [5, 5.41) is 0. The van der Waals surface area contributed by atoms with Crippen molar-refractivity contribution in [1.82, 2.24) is 4.90 Å². The van der Waals surface area contributed by atoms with Gasteiger partial charge in [0.25, 0.3) is 0 Å². The minimum Gasteiger partial charge on any atom is -0.378 e. The van der Waals surface area contributed by atoms with Crippen LogP contribution in [0.4, 0.5) is 0 Å². The molecule has 0 radical (unpaired) electrons. The predicted octanol–water partition coefficient (Wildman–Crippen LogP) is 3.04. The van der Waals surface area contributed by atoms with Crippen LogP contribution >= 0.6 is 28.1 Å². The SMILES string of the molecule is S=C(CCc1ccc(Br)cc1)N1CCOCC1. The van der Waals surface area contributed by atoms with E-state index in [0.717, 1.165) is 48.6 Å². The Bertz CT molecular complexity index is 374. The average Bonchev–Trinajstić information content (AvgIpc) is 2.39. The average molecular weight is 314 g/mol. The van der Waals surface area contributed by atoms with Gasteiger partial charge in [-0.2, -0.15) is 0 Å². The number of nitrogens with zero attached hydrogens (tertiary/aromatic N) is 1. The van der Waals surface area contributed by atoms with Crippen LogP contribution in [0.3, 0.4) is 0 Å². The summed E-state index contributed by atoms with van der Waals surface area (Å²) < 4.78 is 6.44. The fourth-order valence-corrected chi connectivity index (χ4v) is 2.42. The van der Waals surface area contributed by atoms with Crippen molar-refractivity contribution >= 4 is 33.1 Å². The quantitative estimate of drug-likeness (QED) is 0.796. The highest BCUT2D eigenvalue weighted by atomic mass is 79.9. The van der Waals surface area contributed by atoms with Gasteiger partial charge in [0.2, 0.25) is 0 Å². The second-order valence-corrected chi connectivity index (χ2v) is 5.51. The van der Waals surface area contributed by atoms with Crippen molar-refractivity contribution in [2.45, 2.75) is 12.8 Å². The molecule has 0 spiro atoms. The number of hydrogen-bond acceptors (Lipinski definition) is 2. The zero-order valence-electron chi connectivity index (χ0n) is 9.69. The molecule has 0 N–H and O–H groups in total. The van der Waals surface area contributed by atoms with Crippen LogP contribution in [0.25, 0.3) is 0 Å². The summed E-state index contributed by atoms with van der Waals surface area (Å²) >= 11 is 8.90. The van der Waals surface area contributed by atoms with Crippen LogP contribution < -0.4 is 0 Å². The molecule has 2 nitrogen and oxygen atoms in total. The van der Waals surface area contributed by atoms with Crippen molar-refractivity contribution in [3.8, 4) is 0 Å². The Morgan fingerprint density at radius 1 is 1.24 bits per heavy atom. The Morgan fingerprint density at radius 2 is 1.88 bits per heavy atom. The van der Waals surface area contributed by atoms with Gasteiger partial charge in [-0.05, 0) is 24.1 Å². The second-order valence-electron chi connectivity index (χ2n) is 4.12. The van der Waals surface area contributed by atoms with E-state index in [1.165, 1.54) is 5.56 Å². The highest BCUT2D eigenvalue weighted by Gasteiger charge is 2.13. The lowest BCUT2D eigenvalue weighted by Crippen LogP contribution is -2.39. The minimum atomic E-state index is 0.804. The molecule has 92 valence electrons. The highest BCUT2D eigenvalue weighted by Crippen LogP contribution is 2.13. The van der Waals surface area contributed by atoms with Gasteiger partial charge in [-0.3, -0.25) is 0 Å². The van der Waals surface area contributed by atoms with Gasteiger partial charge in [0.1, 0.15) is 0 Å². The lowest BCUT2D eigenvalue weighted by Gasteiger charge is -2.29. The first-order valence-corrected chi connectivity index (χ1v) is 7.06. The maximum Gasteiger partial charge on any atom is 0.0784 e. The third-order valence-electron chi connectivity index (χ3n) is 2.90. The van der Waals surface area contributed by atoms with Crippen LogP contribution in [-0.4, -0.2) is 36.2 Å². The number of morpholine rings is 1. The molecule has 0 unspecified atom stereocenters. The zero-order chi connectivity index (χ0) is 12.1. The summed E-state index contributed by atoms with van der Waals surface area (Å²) in [4.78, 5) is 3.33. The van der Waals surface area contributed by atoms with Crippen LogP contribution in [0.5, 0.6) is 0 Å². The Labute approximate surface area is 116 Å². The fraction of sp³-hybridized carbons (Fsp3) is 0.462. The van der Waals surface area contributed by atoms with E-state index in [4.69, 9.17) is 17.0 Å². The van der Waals surface area contributed by atoms with Gasteiger partial charge in [0.05, 0.1) is 18.2 Å². The molecule has 1 aliphatic rings. The summed E-state index contributed by atoms with van der Waals surface area (Å²) in [6.07, 6.45) is 1.97. The summed E-state index contributed by atoms with van der Waals surface area (Å²) in [7, 11) is 0. The summed E-state index contributed by atoms with van der Waals surface area (Å²) in [6, 6.07) is 8.44. The Hall–Kier alpha value is -0.450. The molecular weight excluding hydrogens is 298 g/mol. The first-order valence-electron chi connectivity index (χ1n) is 5.85. The molecule has 1 aromatic rings. The summed E-state index contributed by atoms with van der Waals surface area (Å²) in [5.41, 5.74) is 1.34. The van der Waals surface area contributed by atoms with Crippen molar-refractivity contribution < 1.29 is 4.74 Å². The largest absolute Gasteiger partial charge is 0.378 e. The molecule has 17 heavy (non-hydrogen) atoms. The fourth-order valence-electron chi connectivity index (χ4n) is 1.87. The molecule has 0 bridgehead atoms. The smallest absolute Gasteiger partial charge is 0.0784 e. The monoisotopic (exact) mass is 313 g/mol. The van der Waals surface area contributed by atoms with Crippen molar-refractivity contribution in [3.63, 3.8) is 0 Å². The molecule has 0 aliphatic carbocycles. The van der Waals surface area contributed by atoms with E-state index >= 15 is 0 Å². The van der Waals surface area contributed by atoms with Gasteiger partial charge in [0, 0.05) is 24.0 Å². The number of ether oxygens (including phenoxy) is 1. The van der Waals surface area contributed by atoms with Crippen molar-refractivity contribution in [1.29, 1.82) is 0 Å². The normalized spacial score (nSPS) is 15.9. The first kappa shape index (κ1) is 13.0. The van der Waals surface area contributed by atoms with E-state index < -0.39 is 0 Å². The molecule has 0 amide bonds. The van der Waals surface area contributed by atoms with Crippen LogP contribution in [0.2, 0.25) is 0 Å².